The molecule has 0 radical (unpaired) electrons. The molecule has 2 aromatic carbocycles. The molecule has 13 heteroatoms. The summed E-state index contributed by atoms with van der Waals surface area (Å²) in [6, 6.07) is 15.2. The molecular formula is C21H16F3N3O5S2. The van der Waals surface area contributed by atoms with E-state index in [-0.39, 0.29) is 5.75 Å². The third-order valence-electron chi connectivity index (χ3n) is 4.02. The number of carboxylic acids is 1. The molecule has 0 aliphatic heterocycles. The van der Waals surface area contributed by atoms with E-state index in [0.717, 1.165) is 33.1 Å². The lowest BCUT2D eigenvalue weighted by Crippen LogP contribution is -2.30. The van der Waals surface area contributed by atoms with Gasteiger partial charge in [-0.05, 0) is 23.1 Å². The molecule has 178 valence electrons. The summed E-state index contributed by atoms with van der Waals surface area (Å²) in [6.45, 7) is 0. The Bertz CT molecular complexity index is 1370. The number of benzene rings is 2. The van der Waals surface area contributed by atoms with Gasteiger partial charge in [-0.2, -0.15) is 18.4 Å². The minimum atomic E-state index is -5.08. The second-order valence-corrected chi connectivity index (χ2v) is 9.34. The van der Waals surface area contributed by atoms with Crippen LogP contribution in [-0.2, 0) is 19.6 Å². The maximum absolute atomic E-state index is 11.8. The second-order valence-electron chi connectivity index (χ2n) is 6.58. The maximum Gasteiger partial charge on any atom is 0.490 e. The Morgan fingerprint density at radius 3 is 2.29 bits per heavy atom. The summed E-state index contributed by atoms with van der Waals surface area (Å²) in [5.41, 5.74) is 2.29. The lowest BCUT2D eigenvalue weighted by Gasteiger charge is -2.12. The first-order valence-corrected chi connectivity index (χ1v) is 12.0. The molecule has 34 heavy (non-hydrogen) atoms. The monoisotopic (exact) mass is 511 g/mol. The summed E-state index contributed by atoms with van der Waals surface area (Å²) < 4.78 is 56.0. The average Bonchev–Trinajstić information content (AvgIpc) is 2.76. The molecule has 0 saturated carbocycles. The first-order valence-electron chi connectivity index (χ1n) is 9.13. The van der Waals surface area contributed by atoms with Gasteiger partial charge in [0.25, 0.3) is 0 Å². The van der Waals surface area contributed by atoms with Crippen LogP contribution < -0.4 is 4.72 Å². The molecule has 0 bridgehead atoms. The van der Waals surface area contributed by atoms with Crippen molar-refractivity contribution < 1.29 is 36.3 Å². The van der Waals surface area contributed by atoms with Crippen LogP contribution in [0.5, 0.6) is 0 Å². The number of nitrogens with zero attached hydrogens (tertiary/aromatic N) is 2. The third kappa shape index (κ3) is 7.46. The summed E-state index contributed by atoms with van der Waals surface area (Å²) in [7, 11) is -3.58. The van der Waals surface area contributed by atoms with Crippen molar-refractivity contribution in [1.29, 1.82) is 5.26 Å². The van der Waals surface area contributed by atoms with Crippen molar-refractivity contribution in [2.75, 3.05) is 12.0 Å². The highest BCUT2D eigenvalue weighted by Crippen LogP contribution is 2.36. The number of nitrogens with one attached hydrogen (secondary N) is 1. The Morgan fingerprint density at radius 2 is 1.74 bits per heavy atom. The number of alkyl halides is 3. The van der Waals surface area contributed by atoms with Gasteiger partial charge in [-0.15, -0.1) is 11.8 Å². The number of hydrogen-bond acceptors (Lipinski definition) is 7. The molecule has 8 nitrogen and oxygen atoms in total. The number of sulfonamides is 1. The minimum absolute atomic E-state index is 0.0434. The zero-order valence-corrected chi connectivity index (χ0v) is 19.0. The molecule has 0 spiro atoms. The Labute approximate surface area is 196 Å². The molecule has 0 unspecified atom stereocenters. The molecule has 0 aliphatic rings. The van der Waals surface area contributed by atoms with Gasteiger partial charge >= 0.3 is 12.1 Å². The summed E-state index contributed by atoms with van der Waals surface area (Å²) in [5.74, 6) is -3.39. The normalized spacial score (nSPS) is 11.1. The van der Waals surface area contributed by atoms with E-state index in [9.17, 15) is 31.6 Å². The van der Waals surface area contributed by atoms with E-state index in [1.807, 2.05) is 35.1 Å². The third-order valence-corrected chi connectivity index (χ3v) is 5.69. The van der Waals surface area contributed by atoms with Gasteiger partial charge in [0.2, 0.25) is 15.9 Å². The van der Waals surface area contributed by atoms with Crippen LogP contribution in [0.15, 0.2) is 59.8 Å². The fraction of sp³-hybridized carbons (Fsp3) is 0.143. The van der Waals surface area contributed by atoms with E-state index in [1.54, 1.807) is 24.5 Å². The molecule has 0 atom stereocenters. The van der Waals surface area contributed by atoms with Gasteiger partial charge in [0.05, 0.1) is 23.6 Å². The number of hydrogen-bond donors (Lipinski definition) is 2. The number of nitriles is 1. The van der Waals surface area contributed by atoms with Crippen LogP contribution in [0.25, 0.3) is 21.9 Å². The highest BCUT2D eigenvalue weighted by Gasteiger charge is 2.38. The van der Waals surface area contributed by atoms with Crippen LogP contribution in [0.1, 0.15) is 5.56 Å². The average molecular weight is 512 g/mol. The Hall–Kier alpha value is -3.63. The van der Waals surface area contributed by atoms with E-state index in [2.05, 4.69) is 11.1 Å². The fourth-order valence-electron chi connectivity index (χ4n) is 2.72. The summed E-state index contributed by atoms with van der Waals surface area (Å²) >= 11 is 1.23. The maximum atomic E-state index is 11.8. The lowest BCUT2D eigenvalue weighted by atomic mass is 9.96. The van der Waals surface area contributed by atoms with Crippen molar-refractivity contribution in [3.63, 3.8) is 0 Å². The first-order chi connectivity index (χ1) is 15.8. The minimum Gasteiger partial charge on any atom is -0.475 e. The van der Waals surface area contributed by atoms with Crippen molar-refractivity contribution in [2.24, 2.45) is 0 Å². The van der Waals surface area contributed by atoms with Crippen LogP contribution >= 0.6 is 11.8 Å². The van der Waals surface area contributed by atoms with E-state index in [1.165, 1.54) is 11.8 Å². The van der Waals surface area contributed by atoms with Gasteiger partial charge in [-0.3, -0.25) is 14.5 Å². The number of carbonyl (C=O) groups is 2. The molecule has 0 aliphatic carbocycles. The second kappa shape index (κ2) is 11.0. The van der Waals surface area contributed by atoms with Crippen LogP contribution in [0, 0.1) is 11.3 Å². The molecule has 3 rings (SSSR count). The Balaban J connectivity index is 0.000000509. The first kappa shape index (κ1) is 26.6. The van der Waals surface area contributed by atoms with Crippen molar-refractivity contribution >= 4 is 44.4 Å². The quantitative estimate of drug-likeness (QED) is 0.496. The van der Waals surface area contributed by atoms with Gasteiger partial charge < -0.3 is 5.11 Å². The van der Waals surface area contributed by atoms with E-state index in [4.69, 9.17) is 9.90 Å². The zero-order chi connectivity index (χ0) is 25.5. The number of aliphatic carboxylic acids is 1. The number of rotatable bonds is 5. The SMILES string of the molecule is CS(=O)(=O)NC(=O)CSc1ccncc1-c1ccc(C#N)c2ccccc12.O=C(O)C(F)(F)F. The Kier molecular flexibility index (Phi) is 8.61. The van der Waals surface area contributed by atoms with Crippen LogP contribution in [-0.4, -0.2) is 48.6 Å². The van der Waals surface area contributed by atoms with Gasteiger partial charge in [-0.25, -0.2) is 13.2 Å². The molecule has 1 amide bonds. The summed E-state index contributed by atoms with van der Waals surface area (Å²) in [4.78, 5) is 25.7. The highest BCUT2D eigenvalue weighted by molar-refractivity contribution is 8.00. The molecular weight excluding hydrogens is 495 g/mol. The van der Waals surface area contributed by atoms with E-state index < -0.39 is 28.1 Å². The van der Waals surface area contributed by atoms with Crippen LogP contribution in [0.2, 0.25) is 0 Å². The van der Waals surface area contributed by atoms with Crippen LogP contribution in [0.3, 0.4) is 0 Å². The number of amides is 1. The van der Waals surface area contributed by atoms with Gasteiger partial charge in [0.15, 0.2) is 0 Å². The van der Waals surface area contributed by atoms with Crippen molar-refractivity contribution in [3.8, 4) is 17.2 Å². The Morgan fingerprint density at radius 1 is 1.12 bits per heavy atom. The predicted molar refractivity (Wildman–Crippen MR) is 119 cm³/mol. The van der Waals surface area contributed by atoms with Gasteiger partial charge in [0.1, 0.15) is 0 Å². The predicted octanol–water partition coefficient (Wildman–Crippen LogP) is 3.57. The lowest BCUT2D eigenvalue weighted by molar-refractivity contribution is -0.192. The van der Waals surface area contributed by atoms with E-state index >= 15 is 0 Å². The molecule has 0 fully saturated rings. The van der Waals surface area contributed by atoms with Crippen molar-refractivity contribution in [3.05, 3.63) is 60.4 Å². The topological polar surface area (TPSA) is 137 Å². The number of thioether (sulfide) groups is 1. The van der Waals surface area contributed by atoms with Gasteiger partial charge in [-0.1, -0.05) is 30.3 Å². The number of fused-ring (bicyclic) bond motifs is 1. The highest BCUT2D eigenvalue weighted by atomic mass is 32.2. The zero-order valence-electron chi connectivity index (χ0n) is 17.3. The van der Waals surface area contributed by atoms with E-state index in [0.29, 0.717) is 5.56 Å². The standard InChI is InChI=1S/C19H15N3O3S2.C2HF3O2/c1-27(24,25)22-19(23)12-26-18-8-9-21-11-17(18)16-7-6-13(10-20)14-4-2-3-5-15(14)16;3-2(4,5)1(6)7/h2-9,11H,12H2,1H3,(H,22,23);(H,6,7). The molecule has 2 N–H and O–H groups in total. The smallest absolute Gasteiger partial charge is 0.475 e. The van der Waals surface area contributed by atoms with Gasteiger partial charge in [0, 0.05) is 28.2 Å². The number of aromatic nitrogens is 1. The number of carbonyl (C=O) groups excluding carboxylic acids is 1. The summed E-state index contributed by atoms with van der Waals surface area (Å²) in [5, 5.41) is 18.2. The number of halogens is 3. The molecule has 0 saturated heterocycles. The summed E-state index contributed by atoms with van der Waals surface area (Å²) in [6.07, 6.45) is -0.826. The molecule has 1 heterocycles. The largest absolute Gasteiger partial charge is 0.490 e. The molecule has 1 aromatic heterocycles. The number of carboxylic acid groups (broad SMARTS) is 1. The van der Waals surface area contributed by atoms with Crippen molar-refractivity contribution in [1.82, 2.24) is 9.71 Å². The van der Waals surface area contributed by atoms with Crippen LogP contribution in [0.4, 0.5) is 13.2 Å². The molecule has 3 aromatic rings. The number of pyridine rings is 1. The van der Waals surface area contributed by atoms with Crippen molar-refractivity contribution in [2.45, 2.75) is 11.1 Å². The fourth-order valence-corrected chi connectivity index (χ4v) is 4.13.